The third-order valence-corrected chi connectivity index (χ3v) is 4.51. The van der Waals surface area contributed by atoms with Crippen LogP contribution < -0.4 is 5.32 Å². The SMILES string of the molecule is CNCC1CCN(C2CCN(CC(C)C)CC2)C1. The molecule has 0 radical (unpaired) electrons. The molecule has 106 valence electrons. The van der Waals surface area contributed by atoms with Gasteiger partial charge in [-0.3, -0.25) is 4.90 Å². The Morgan fingerprint density at radius 2 is 1.83 bits per heavy atom. The summed E-state index contributed by atoms with van der Waals surface area (Å²) in [5.74, 6) is 1.71. The summed E-state index contributed by atoms with van der Waals surface area (Å²) in [7, 11) is 2.08. The van der Waals surface area contributed by atoms with E-state index in [-0.39, 0.29) is 0 Å². The van der Waals surface area contributed by atoms with Gasteiger partial charge in [0.15, 0.2) is 0 Å². The van der Waals surface area contributed by atoms with Crippen molar-refractivity contribution in [2.45, 2.75) is 39.2 Å². The molecule has 2 rings (SSSR count). The summed E-state index contributed by atoms with van der Waals surface area (Å²) in [6, 6.07) is 0.871. The minimum atomic E-state index is 0.813. The molecule has 0 aromatic heterocycles. The van der Waals surface area contributed by atoms with Crippen molar-refractivity contribution < 1.29 is 0 Å². The molecule has 0 aromatic rings. The largest absolute Gasteiger partial charge is 0.319 e. The fourth-order valence-electron chi connectivity index (χ4n) is 3.63. The van der Waals surface area contributed by atoms with E-state index >= 15 is 0 Å². The van der Waals surface area contributed by atoms with E-state index in [1.54, 1.807) is 0 Å². The molecule has 0 saturated carbocycles. The molecule has 18 heavy (non-hydrogen) atoms. The average molecular weight is 253 g/mol. The van der Waals surface area contributed by atoms with Crippen LogP contribution in [0.15, 0.2) is 0 Å². The van der Waals surface area contributed by atoms with E-state index in [0.29, 0.717) is 0 Å². The molecule has 0 aromatic carbocycles. The molecule has 1 atom stereocenters. The highest BCUT2D eigenvalue weighted by atomic mass is 15.2. The van der Waals surface area contributed by atoms with Crippen LogP contribution in [0.3, 0.4) is 0 Å². The molecule has 1 N–H and O–H groups in total. The zero-order valence-corrected chi connectivity index (χ0v) is 12.5. The van der Waals surface area contributed by atoms with E-state index in [2.05, 4.69) is 36.0 Å². The summed E-state index contributed by atoms with van der Waals surface area (Å²) in [4.78, 5) is 5.41. The van der Waals surface area contributed by atoms with Crippen LogP contribution in [0.2, 0.25) is 0 Å². The molecule has 3 heteroatoms. The van der Waals surface area contributed by atoms with Crippen LogP contribution in [-0.2, 0) is 0 Å². The Morgan fingerprint density at radius 1 is 1.11 bits per heavy atom. The van der Waals surface area contributed by atoms with Gasteiger partial charge in [0.05, 0.1) is 0 Å². The molecule has 2 saturated heterocycles. The molecule has 2 aliphatic heterocycles. The summed E-state index contributed by atoms with van der Waals surface area (Å²) < 4.78 is 0. The monoisotopic (exact) mass is 253 g/mol. The minimum Gasteiger partial charge on any atom is -0.319 e. The van der Waals surface area contributed by atoms with Crippen LogP contribution in [-0.4, -0.2) is 62.2 Å². The first-order valence-electron chi connectivity index (χ1n) is 7.80. The molecule has 2 aliphatic rings. The Kier molecular flexibility index (Phi) is 5.46. The second kappa shape index (κ2) is 6.88. The molecule has 0 bridgehead atoms. The van der Waals surface area contributed by atoms with Gasteiger partial charge in [0, 0.05) is 19.1 Å². The summed E-state index contributed by atoms with van der Waals surface area (Å²) in [5, 5.41) is 3.33. The van der Waals surface area contributed by atoms with Gasteiger partial charge in [-0.2, -0.15) is 0 Å². The number of hydrogen-bond acceptors (Lipinski definition) is 3. The molecule has 0 amide bonds. The molecule has 2 fully saturated rings. The van der Waals surface area contributed by atoms with Crippen LogP contribution in [0.4, 0.5) is 0 Å². The van der Waals surface area contributed by atoms with Gasteiger partial charge < -0.3 is 10.2 Å². The molecule has 0 spiro atoms. The lowest BCUT2D eigenvalue weighted by atomic mass is 10.0. The van der Waals surface area contributed by atoms with Gasteiger partial charge in [0.2, 0.25) is 0 Å². The maximum atomic E-state index is 3.33. The van der Waals surface area contributed by atoms with Gasteiger partial charge in [-0.05, 0) is 64.3 Å². The summed E-state index contributed by atoms with van der Waals surface area (Å²) in [6.45, 7) is 12.4. The first-order valence-corrected chi connectivity index (χ1v) is 7.80. The van der Waals surface area contributed by atoms with Crippen molar-refractivity contribution in [1.29, 1.82) is 0 Å². The van der Waals surface area contributed by atoms with Crippen LogP contribution in [0, 0.1) is 11.8 Å². The quantitative estimate of drug-likeness (QED) is 0.804. The van der Waals surface area contributed by atoms with Crippen molar-refractivity contribution in [2.75, 3.05) is 46.3 Å². The highest BCUT2D eigenvalue weighted by Crippen LogP contribution is 2.24. The fraction of sp³-hybridized carbons (Fsp3) is 1.00. The van der Waals surface area contributed by atoms with Gasteiger partial charge in [0.1, 0.15) is 0 Å². The highest BCUT2D eigenvalue weighted by molar-refractivity contribution is 4.86. The van der Waals surface area contributed by atoms with E-state index in [1.165, 1.54) is 58.5 Å². The first kappa shape index (κ1) is 14.3. The third kappa shape index (κ3) is 3.94. The molecular weight excluding hydrogens is 222 g/mol. The summed E-state index contributed by atoms with van der Waals surface area (Å²) >= 11 is 0. The number of likely N-dealkylation sites (tertiary alicyclic amines) is 2. The lowest BCUT2D eigenvalue weighted by Gasteiger charge is -2.37. The van der Waals surface area contributed by atoms with Crippen molar-refractivity contribution in [1.82, 2.24) is 15.1 Å². The predicted octanol–water partition coefficient (Wildman–Crippen LogP) is 1.65. The summed E-state index contributed by atoms with van der Waals surface area (Å²) in [5.41, 5.74) is 0. The van der Waals surface area contributed by atoms with Gasteiger partial charge >= 0.3 is 0 Å². The van der Waals surface area contributed by atoms with Crippen molar-refractivity contribution in [3.8, 4) is 0 Å². The van der Waals surface area contributed by atoms with Gasteiger partial charge in [0.25, 0.3) is 0 Å². The van der Waals surface area contributed by atoms with Crippen molar-refractivity contribution in [2.24, 2.45) is 11.8 Å². The van der Waals surface area contributed by atoms with Crippen molar-refractivity contribution >= 4 is 0 Å². The van der Waals surface area contributed by atoms with Crippen LogP contribution in [0.1, 0.15) is 33.1 Å². The smallest absolute Gasteiger partial charge is 0.0120 e. The van der Waals surface area contributed by atoms with Crippen molar-refractivity contribution in [3.63, 3.8) is 0 Å². The lowest BCUT2D eigenvalue weighted by Crippen LogP contribution is -2.45. The Labute approximate surface area is 113 Å². The second-order valence-electron chi connectivity index (χ2n) is 6.63. The normalized spacial score (nSPS) is 28.3. The molecular formula is C15H31N3. The molecule has 2 heterocycles. The summed E-state index contributed by atoms with van der Waals surface area (Å²) in [6.07, 6.45) is 4.17. The Bertz CT molecular complexity index is 234. The number of rotatable bonds is 5. The zero-order valence-electron chi connectivity index (χ0n) is 12.5. The predicted molar refractivity (Wildman–Crippen MR) is 77.9 cm³/mol. The number of nitrogens with one attached hydrogen (secondary N) is 1. The molecule has 3 nitrogen and oxygen atoms in total. The number of hydrogen-bond donors (Lipinski definition) is 1. The Balaban J connectivity index is 1.70. The molecule has 1 unspecified atom stereocenters. The van der Waals surface area contributed by atoms with Crippen LogP contribution in [0.25, 0.3) is 0 Å². The topological polar surface area (TPSA) is 18.5 Å². The van der Waals surface area contributed by atoms with Gasteiger partial charge in [-0.25, -0.2) is 0 Å². The lowest BCUT2D eigenvalue weighted by molar-refractivity contribution is 0.116. The van der Waals surface area contributed by atoms with Crippen molar-refractivity contribution in [3.05, 3.63) is 0 Å². The van der Waals surface area contributed by atoms with Crippen LogP contribution in [0.5, 0.6) is 0 Å². The zero-order chi connectivity index (χ0) is 13.0. The van der Waals surface area contributed by atoms with Gasteiger partial charge in [-0.1, -0.05) is 13.8 Å². The van der Waals surface area contributed by atoms with Crippen LogP contribution >= 0.6 is 0 Å². The Hall–Kier alpha value is -0.120. The van der Waals surface area contributed by atoms with Gasteiger partial charge in [-0.15, -0.1) is 0 Å². The first-order chi connectivity index (χ1) is 8.69. The number of piperidine rings is 1. The Morgan fingerprint density at radius 3 is 2.44 bits per heavy atom. The highest BCUT2D eigenvalue weighted by Gasteiger charge is 2.30. The van der Waals surface area contributed by atoms with E-state index < -0.39 is 0 Å². The maximum Gasteiger partial charge on any atom is 0.0120 e. The third-order valence-electron chi connectivity index (χ3n) is 4.51. The molecule has 0 aliphatic carbocycles. The van der Waals surface area contributed by atoms with E-state index in [9.17, 15) is 0 Å². The standard InChI is InChI=1S/C15H31N3/c1-13(2)11-17-7-5-15(6-8-17)18-9-4-14(12-18)10-16-3/h13-16H,4-12H2,1-3H3. The number of nitrogens with zero attached hydrogens (tertiary/aromatic N) is 2. The van der Waals surface area contributed by atoms with E-state index in [0.717, 1.165) is 17.9 Å². The van der Waals surface area contributed by atoms with E-state index in [4.69, 9.17) is 0 Å². The minimum absolute atomic E-state index is 0.813. The fourth-order valence-corrected chi connectivity index (χ4v) is 3.63. The van der Waals surface area contributed by atoms with E-state index in [1.807, 2.05) is 0 Å². The second-order valence-corrected chi connectivity index (χ2v) is 6.63. The maximum absolute atomic E-state index is 3.33. The average Bonchev–Trinajstić information content (AvgIpc) is 2.78.